The lowest BCUT2D eigenvalue weighted by atomic mass is 10.1. The minimum absolute atomic E-state index is 0.360. The van der Waals surface area contributed by atoms with Gasteiger partial charge in [-0.05, 0) is 81.6 Å². The predicted molar refractivity (Wildman–Crippen MR) is 134 cm³/mol. The maximum Gasteiger partial charge on any atom is 0.260 e. The summed E-state index contributed by atoms with van der Waals surface area (Å²) in [4.78, 5) is 12.5. The largest absolute Gasteiger partial charge is 0.318 e. The van der Waals surface area contributed by atoms with Gasteiger partial charge in [-0.1, -0.05) is 18.2 Å². The second-order valence-corrected chi connectivity index (χ2v) is 10.2. The lowest BCUT2D eigenvalue weighted by molar-refractivity contribution is -0.119. The van der Waals surface area contributed by atoms with E-state index in [9.17, 15) is 13.2 Å². The van der Waals surface area contributed by atoms with Gasteiger partial charge in [-0.3, -0.25) is 9.10 Å². The number of nitrogens with zero attached hydrogens (tertiary/aromatic N) is 3. The highest BCUT2D eigenvalue weighted by molar-refractivity contribution is 7.92. The van der Waals surface area contributed by atoms with E-state index in [4.69, 9.17) is 0 Å². The van der Waals surface area contributed by atoms with Crippen molar-refractivity contribution in [2.45, 2.75) is 34.6 Å². The fourth-order valence-corrected chi connectivity index (χ4v) is 4.55. The summed E-state index contributed by atoms with van der Waals surface area (Å²) in [5.41, 5.74) is 10.2. The summed E-state index contributed by atoms with van der Waals surface area (Å²) in [7, 11) is -3.64. The fraction of sp³-hybridized carbons (Fsp3) is 0.280. The Kier molecular flexibility index (Phi) is 7.07. The van der Waals surface area contributed by atoms with E-state index in [-0.39, 0.29) is 6.54 Å². The van der Waals surface area contributed by atoms with Crippen molar-refractivity contribution in [3.63, 3.8) is 0 Å². The molecule has 2 aromatic carbocycles. The van der Waals surface area contributed by atoms with Gasteiger partial charge < -0.3 is 4.57 Å². The van der Waals surface area contributed by atoms with E-state index < -0.39 is 15.9 Å². The number of aromatic nitrogens is 1. The molecule has 0 bridgehead atoms. The van der Waals surface area contributed by atoms with Gasteiger partial charge in [-0.2, -0.15) is 5.10 Å². The fourth-order valence-electron chi connectivity index (χ4n) is 3.70. The van der Waals surface area contributed by atoms with Crippen molar-refractivity contribution in [3.8, 4) is 5.69 Å². The Bertz CT molecular complexity index is 1320. The molecule has 0 aliphatic heterocycles. The minimum atomic E-state index is -3.64. The van der Waals surface area contributed by atoms with Gasteiger partial charge in [0.2, 0.25) is 10.0 Å². The van der Waals surface area contributed by atoms with Gasteiger partial charge in [0.05, 0.1) is 18.2 Å². The van der Waals surface area contributed by atoms with Crippen LogP contribution in [0, 0.1) is 34.6 Å². The van der Waals surface area contributed by atoms with Gasteiger partial charge in [0.25, 0.3) is 5.91 Å². The Balaban J connectivity index is 1.75. The SMILES string of the molecule is Cc1cccc(N(CC(=O)N/N=C/c2cc(C)n(-c3ccc(C)c(C)c3)c2C)S(C)(=O)=O)c1. The van der Waals surface area contributed by atoms with E-state index in [0.29, 0.717) is 5.69 Å². The van der Waals surface area contributed by atoms with Crippen LogP contribution in [0.3, 0.4) is 0 Å². The number of amides is 1. The molecule has 0 fully saturated rings. The highest BCUT2D eigenvalue weighted by Gasteiger charge is 2.20. The molecule has 0 aliphatic carbocycles. The van der Waals surface area contributed by atoms with Crippen LogP contribution in [-0.4, -0.2) is 37.9 Å². The van der Waals surface area contributed by atoms with Crippen LogP contribution in [0.4, 0.5) is 5.69 Å². The number of anilines is 1. The number of carbonyl (C=O) groups excluding carboxylic acids is 1. The zero-order valence-corrected chi connectivity index (χ0v) is 20.7. The molecule has 3 aromatic rings. The monoisotopic (exact) mass is 466 g/mol. The van der Waals surface area contributed by atoms with Crippen molar-refractivity contribution in [3.05, 3.63) is 82.2 Å². The molecule has 0 unspecified atom stereocenters. The van der Waals surface area contributed by atoms with Crippen LogP contribution < -0.4 is 9.73 Å². The molecule has 0 spiro atoms. The standard InChI is InChI=1S/C25H30N4O3S/c1-17-8-7-9-23(12-17)28(33(6,31)32)16-25(30)27-26-15-22-14-20(4)29(21(22)5)24-11-10-18(2)19(3)13-24/h7-15H,16H2,1-6H3,(H,27,30)/b26-15+. The zero-order valence-electron chi connectivity index (χ0n) is 19.9. The van der Waals surface area contributed by atoms with E-state index in [0.717, 1.165) is 38.8 Å². The van der Waals surface area contributed by atoms with Crippen LogP contribution in [0.2, 0.25) is 0 Å². The summed E-state index contributed by atoms with van der Waals surface area (Å²) in [6.45, 7) is 9.68. The Hall–Kier alpha value is -3.39. The first-order valence-electron chi connectivity index (χ1n) is 10.6. The second-order valence-electron chi connectivity index (χ2n) is 8.33. The Morgan fingerprint density at radius 2 is 1.76 bits per heavy atom. The molecule has 1 aromatic heterocycles. The molecular formula is C25H30N4O3S. The van der Waals surface area contributed by atoms with Gasteiger partial charge in [0, 0.05) is 22.6 Å². The molecular weight excluding hydrogens is 436 g/mol. The molecule has 1 heterocycles. The van der Waals surface area contributed by atoms with E-state index in [2.05, 4.69) is 47.1 Å². The number of hydrazone groups is 1. The highest BCUT2D eigenvalue weighted by Crippen LogP contribution is 2.22. The molecule has 174 valence electrons. The molecule has 1 N–H and O–H groups in total. The Labute approximate surface area is 195 Å². The van der Waals surface area contributed by atoms with Crippen molar-refractivity contribution < 1.29 is 13.2 Å². The summed E-state index contributed by atoms with van der Waals surface area (Å²) in [5.74, 6) is -0.527. The van der Waals surface area contributed by atoms with Crippen molar-refractivity contribution in [1.82, 2.24) is 9.99 Å². The van der Waals surface area contributed by atoms with Crippen LogP contribution in [0.1, 0.15) is 33.6 Å². The number of aryl methyl sites for hydroxylation is 4. The summed E-state index contributed by atoms with van der Waals surface area (Å²) in [6.07, 6.45) is 2.66. The summed E-state index contributed by atoms with van der Waals surface area (Å²) in [5, 5.41) is 4.07. The summed E-state index contributed by atoms with van der Waals surface area (Å²) in [6, 6.07) is 15.3. The predicted octanol–water partition coefficient (Wildman–Crippen LogP) is 3.94. The Morgan fingerprint density at radius 1 is 1.03 bits per heavy atom. The molecule has 0 aliphatic rings. The smallest absolute Gasteiger partial charge is 0.260 e. The van der Waals surface area contributed by atoms with Crippen LogP contribution >= 0.6 is 0 Å². The van der Waals surface area contributed by atoms with Crippen molar-refractivity contribution in [1.29, 1.82) is 0 Å². The van der Waals surface area contributed by atoms with Crippen molar-refractivity contribution in [2.75, 3.05) is 17.1 Å². The van der Waals surface area contributed by atoms with Gasteiger partial charge in [-0.25, -0.2) is 13.8 Å². The number of benzene rings is 2. The van der Waals surface area contributed by atoms with Crippen molar-refractivity contribution in [2.24, 2.45) is 5.10 Å². The number of sulfonamides is 1. The maximum atomic E-state index is 12.5. The number of carbonyl (C=O) groups is 1. The van der Waals surface area contributed by atoms with E-state index in [1.165, 1.54) is 11.1 Å². The van der Waals surface area contributed by atoms with E-state index >= 15 is 0 Å². The first-order valence-corrected chi connectivity index (χ1v) is 12.4. The lowest BCUT2D eigenvalue weighted by Gasteiger charge is -2.21. The molecule has 33 heavy (non-hydrogen) atoms. The molecule has 1 amide bonds. The van der Waals surface area contributed by atoms with E-state index in [1.54, 1.807) is 24.4 Å². The zero-order chi connectivity index (χ0) is 24.3. The number of rotatable bonds is 7. The maximum absolute atomic E-state index is 12.5. The normalized spacial score (nSPS) is 11.7. The third-order valence-electron chi connectivity index (χ3n) is 5.59. The van der Waals surface area contributed by atoms with Gasteiger partial charge in [0.1, 0.15) is 6.54 Å². The summed E-state index contributed by atoms with van der Waals surface area (Å²) < 4.78 is 27.7. The van der Waals surface area contributed by atoms with E-state index in [1.807, 2.05) is 32.9 Å². The molecule has 0 saturated heterocycles. The average Bonchev–Trinajstić information content (AvgIpc) is 3.00. The first-order chi connectivity index (χ1) is 15.5. The second kappa shape index (κ2) is 9.62. The first kappa shape index (κ1) is 24.3. The lowest BCUT2D eigenvalue weighted by Crippen LogP contribution is -2.39. The van der Waals surface area contributed by atoms with Gasteiger partial charge >= 0.3 is 0 Å². The number of nitrogens with one attached hydrogen (secondary N) is 1. The Morgan fingerprint density at radius 3 is 2.39 bits per heavy atom. The minimum Gasteiger partial charge on any atom is -0.318 e. The molecule has 7 nitrogen and oxygen atoms in total. The van der Waals surface area contributed by atoms with Gasteiger partial charge in [0.15, 0.2) is 0 Å². The quantitative estimate of drug-likeness (QED) is 0.423. The summed E-state index contributed by atoms with van der Waals surface area (Å²) >= 11 is 0. The highest BCUT2D eigenvalue weighted by atomic mass is 32.2. The van der Waals surface area contributed by atoms with Crippen LogP contribution in [0.15, 0.2) is 53.6 Å². The molecule has 0 saturated carbocycles. The third kappa shape index (κ3) is 5.70. The third-order valence-corrected chi connectivity index (χ3v) is 6.73. The van der Waals surface area contributed by atoms with Crippen molar-refractivity contribution >= 4 is 27.8 Å². The topological polar surface area (TPSA) is 83.8 Å². The number of hydrogen-bond acceptors (Lipinski definition) is 4. The average molecular weight is 467 g/mol. The molecule has 0 atom stereocenters. The molecule has 0 radical (unpaired) electrons. The van der Waals surface area contributed by atoms with Gasteiger partial charge in [-0.15, -0.1) is 0 Å². The number of hydrogen-bond donors (Lipinski definition) is 1. The van der Waals surface area contributed by atoms with Crippen LogP contribution in [0.25, 0.3) is 5.69 Å². The van der Waals surface area contributed by atoms with Crippen LogP contribution in [-0.2, 0) is 14.8 Å². The molecule has 3 rings (SSSR count). The van der Waals surface area contributed by atoms with Crippen LogP contribution in [0.5, 0.6) is 0 Å². The molecule has 8 heteroatoms.